The summed E-state index contributed by atoms with van der Waals surface area (Å²) in [6.45, 7) is 3.57. The predicted octanol–water partition coefficient (Wildman–Crippen LogP) is 1.40. The van der Waals surface area contributed by atoms with Crippen LogP contribution in [0.15, 0.2) is 46.1 Å². The lowest BCUT2D eigenvalue weighted by molar-refractivity contribution is -0.116. The quantitative estimate of drug-likeness (QED) is 0.749. The molecule has 1 amide bonds. The molecule has 0 saturated carbocycles. The molecule has 29 heavy (non-hydrogen) atoms. The van der Waals surface area contributed by atoms with Gasteiger partial charge in [-0.1, -0.05) is 30.7 Å². The average Bonchev–Trinajstić information content (AvgIpc) is 2.74. The summed E-state index contributed by atoms with van der Waals surface area (Å²) in [7, 11) is 2.99. The first kappa shape index (κ1) is 20.8. The molecule has 1 aromatic carbocycles. The van der Waals surface area contributed by atoms with Gasteiger partial charge in [0.15, 0.2) is 0 Å². The first-order valence-electron chi connectivity index (χ1n) is 9.97. The normalized spacial score (nSPS) is 15.0. The first-order chi connectivity index (χ1) is 14.0. The van der Waals surface area contributed by atoms with Crippen molar-refractivity contribution in [2.75, 3.05) is 13.1 Å². The minimum absolute atomic E-state index is 0.284. The van der Waals surface area contributed by atoms with Crippen molar-refractivity contribution in [1.29, 1.82) is 0 Å². The number of nitrogens with zero attached hydrogens (tertiary/aromatic N) is 3. The van der Waals surface area contributed by atoms with Crippen LogP contribution in [-0.2, 0) is 32.0 Å². The van der Waals surface area contributed by atoms with E-state index in [0.29, 0.717) is 6.54 Å². The maximum atomic E-state index is 12.3. The highest BCUT2D eigenvalue weighted by molar-refractivity contribution is 5.91. The Morgan fingerprint density at radius 2 is 1.76 bits per heavy atom. The second-order valence-electron chi connectivity index (χ2n) is 7.50. The van der Waals surface area contributed by atoms with Crippen LogP contribution in [0.1, 0.15) is 36.0 Å². The minimum atomic E-state index is -0.427. The number of nitrogens with one attached hydrogen (secondary N) is 1. The fourth-order valence-electron chi connectivity index (χ4n) is 3.60. The molecule has 1 saturated heterocycles. The van der Waals surface area contributed by atoms with E-state index in [4.69, 9.17) is 0 Å². The van der Waals surface area contributed by atoms with Gasteiger partial charge < -0.3 is 9.88 Å². The van der Waals surface area contributed by atoms with Crippen LogP contribution < -0.4 is 16.6 Å². The van der Waals surface area contributed by atoms with Crippen molar-refractivity contribution in [3.8, 4) is 0 Å². The number of aryl methyl sites for hydroxylation is 1. The highest BCUT2D eigenvalue weighted by Gasteiger charge is 2.12. The van der Waals surface area contributed by atoms with Crippen LogP contribution in [0, 0.1) is 0 Å². The van der Waals surface area contributed by atoms with Gasteiger partial charge in [0.1, 0.15) is 0 Å². The summed E-state index contributed by atoms with van der Waals surface area (Å²) in [5, 5.41) is 2.89. The van der Waals surface area contributed by atoms with Crippen molar-refractivity contribution in [2.24, 2.45) is 14.1 Å². The minimum Gasteiger partial charge on any atom is -0.348 e. The van der Waals surface area contributed by atoms with Crippen LogP contribution in [0.3, 0.4) is 0 Å². The van der Waals surface area contributed by atoms with Crippen LogP contribution in [0.5, 0.6) is 0 Å². The molecule has 1 aromatic heterocycles. The molecular weight excluding hydrogens is 368 g/mol. The highest BCUT2D eigenvalue weighted by Crippen LogP contribution is 2.16. The molecule has 2 heterocycles. The maximum absolute atomic E-state index is 12.3. The van der Waals surface area contributed by atoms with Gasteiger partial charge in [0, 0.05) is 39.5 Å². The lowest BCUT2D eigenvalue weighted by Crippen LogP contribution is -2.37. The van der Waals surface area contributed by atoms with Crippen LogP contribution in [0.2, 0.25) is 0 Å². The lowest BCUT2D eigenvalue weighted by atomic mass is 10.0. The summed E-state index contributed by atoms with van der Waals surface area (Å²) in [4.78, 5) is 38.6. The molecule has 0 bridgehead atoms. The Labute approximate surface area is 170 Å². The summed E-state index contributed by atoms with van der Waals surface area (Å²) in [5.41, 5.74) is 1.78. The number of piperidine rings is 1. The molecule has 0 atom stereocenters. The third kappa shape index (κ3) is 5.32. The summed E-state index contributed by atoms with van der Waals surface area (Å²) in [6.07, 6.45) is 8.00. The zero-order chi connectivity index (χ0) is 20.8. The maximum Gasteiger partial charge on any atom is 0.330 e. The third-order valence-corrected chi connectivity index (χ3v) is 5.30. The van der Waals surface area contributed by atoms with Crippen molar-refractivity contribution in [3.05, 3.63) is 74.1 Å². The number of aromatic nitrogens is 2. The number of hydrogen-bond acceptors (Lipinski definition) is 4. The van der Waals surface area contributed by atoms with Gasteiger partial charge in [0.25, 0.3) is 5.56 Å². The van der Waals surface area contributed by atoms with Crippen molar-refractivity contribution in [1.82, 2.24) is 19.4 Å². The van der Waals surface area contributed by atoms with E-state index in [0.717, 1.165) is 29.8 Å². The van der Waals surface area contributed by atoms with Crippen LogP contribution in [0.4, 0.5) is 0 Å². The van der Waals surface area contributed by atoms with Crippen molar-refractivity contribution >= 4 is 12.0 Å². The van der Waals surface area contributed by atoms with Gasteiger partial charge in [-0.3, -0.25) is 19.1 Å². The molecule has 1 aliphatic heterocycles. The molecule has 7 nitrogen and oxygen atoms in total. The van der Waals surface area contributed by atoms with Crippen LogP contribution in [0.25, 0.3) is 6.08 Å². The lowest BCUT2D eigenvalue weighted by Gasteiger charge is -2.27. The Hall–Kier alpha value is -2.93. The van der Waals surface area contributed by atoms with E-state index < -0.39 is 11.2 Å². The fraction of sp³-hybridized carbons (Fsp3) is 0.409. The number of carbonyl (C=O) groups is 1. The van der Waals surface area contributed by atoms with Crippen LogP contribution in [-0.4, -0.2) is 33.0 Å². The molecule has 1 N–H and O–H groups in total. The summed E-state index contributed by atoms with van der Waals surface area (Å²) in [6, 6.07) is 8.15. The van der Waals surface area contributed by atoms with Gasteiger partial charge >= 0.3 is 5.69 Å². The molecule has 7 heteroatoms. The average molecular weight is 396 g/mol. The molecule has 3 rings (SSSR count). The van der Waals surface area contributed by atoms with Crippen molar-refractivity contribution < 1.29 is 4.79 Å². The van der Waals surface area contributed by atoms with E-state index >= 15 is 0 Å². The largest absolute Gasteiger partial charge is 0.348 e. The van der Waals surface area contributed by atoms with E-state index in [1.807, 2.05) is 18.2 Å². The summed E-state index contributed by atoms with van der Waals surface area (Å²) in [5.74, 6) is -0.284. The SMILES string of the molecule is Cn1cc(C=CC(=O)NCc2ccccc2CN2CCCCC2)c(=O)n(C)c1=O. The molecule has 1 aliphatic rings. The number of benzene rings is 1. The van der Waals surface area contributed by atoms with Crippen LogP contribution >= 0.6 is 0 Å². The van der Waals surface area contributed by atoms with Gasteiger partial charge in [-0.25, -0.2) is 4.79 Å². The van der Waals surface area contributed by atoms with Gasteiger partial charge in [-0.05, 0) is 43.1 Å². The van der Waals surface area contributed by atoms with Gasteiger partial charge in [-0.2, -0.15) is 0 Å². The number of rotatable bonds is 6. The topological polar surface area (TPSA) is 76.3 Å². The Balaban J connectivity index is 1.63. The van der Waals surface area contributed by atoms with E-state index in [1.54, 1.807) is 7.05 Å². The Kier molecular flexibility index (Phi) is 6.82. The molecule has 154 valence electrons. The summed E-state index contributed by atoms with van der Waals surface area (Å²) < 4.78 is 2.34. The zero-order valence-corrected chi connectivity index (χ0v) is 17.1. The highest BCUT2D eigenvalue weighted by atomic mass is 16.2. The van der Waals surface area contributed by atoms with Gasteiger partial charge in [-0.15, -0.1) is 0 Å². The Morgan fingerprint density at radius 3 is 2.48 bits per heavy atom. The molecule has 0 aliphatic carbocycles. The molecule has 0 unspecified atom stereocenters. The molecule has 1 fully saturated rings. The van der Waals surface area contributed by atoms with Crippen molar-refractivity contribution in [2.45, 2.75) is 32.4 Å². The summed E-state index contributed by atoms with van der Waals surface area (Å²) >= 11 is 0. The Bertz CT molecular complexity index is 1010. The first-order valence-corrected chi connectivity index (χ1v) is 9.97. The van der Waals surface area contributed by atoms with E-state index in [9.17, 15) is 14.4 Å². The van der Waals surface area contributed by atoms with Gasteiger partial charge in [0.2, 0.25) is 5.91 Å². The number of hydrogen-bond donors (Lipinski definition) is 1. The molecule has 0 spiro atoms. The third-order valence-electron chi connectivity index (χ3n) is 5.30. The van der Waals surface area contributed by atoms with E-state index in [-0.39, 0.29) is 11.5 Å². The second kappa shape index (κ2) is 9.52. The Morgan fingerprint density at radius 1 is 1.07 bits per heavy atom. The van der Waals surface area contributed by atoms with Gasteiger partial charge in [0.05, 0.1) is 5.56 Å². The smallest absolute Gasteiger partial charge is 0.330 e. The molecular formula is C22H28N4O3. The molecule has 2 aromatic rings. The molecule has 0 radical (unpaired) electrons. The monoisotopic (exact) mass is 396 g/mol. The van der Waals surface area contributed by atoms with E-state index in [1.165, 1.54) is 54.8 Å². The zero-order valence-electron chi connectivity index (χ0n) is 17.1. The van der Waals surface area contributed by atoms with E-state index in [2.05, 4.69) is 16.3 Å². The standard InChI is InChI=1S/C22H28N4O3/c1-24-15-19(21(28)25(2)22(24)29)10-11-20(27)23-14-17-8-4-5-9-18(17)16-26-12-6-3-7-13-26/h4-5,8-11,15H,3,6-7,12-14,16H2,1-2H3,(H,23,27). The fourth-order valence-corrected chi connectivity index (χ4v) is 3.60. The predicted molar refractivity (Wildman–Crippen MR) is 113 cm³/mol. The number of carbonyl (C=O) groups excluding carboxylic acids is 1. The number of amides is 1. The number of likely N-dealkylation sites (tertiary alicyclic amines) is 1. The van der Waals surface area contributed by atoms with Crippen molar-refractivity contribution in [3.63, 3.8) is 0 Å². The second-order valence-corrected chi connectivity index (χ2v) is 7.50.